The van der Waals surface area contributed by atoms with E-state index in [1.165, 1.54) is 18.3 Å². The molecule has 1 saturated heterocycles. The Balaban J connectivity index is 1.23. The number of carbonyl (C=O) groups excluding carboxylic acids is 6. The van der Waals surface area contributed by atoms with Crippen molar-refractivity contribution in [2.75, 3.05) is 11.9 Å². The Morgan fingerprint density at radius 1 is 1.07 bits per heavy atom. The molecular formula is C28H26N6O7. The largest absolute Gasteiger partial charge is 0.462 e. The molecule has 1 aromatic heterocycles. The summed E-state index contributed by atoms with van der Waals surface area (Å²) >= 11 is 0. The Morgan fingerprint density at radius 2 is 1.85 bits per heavy atom. The topological polar surface area (TPSA) is 169 Å². The fraction of sp³-hybridized carbons (Fsp3) is 0.250. The van der Waals surface area contributed by atoms with Gasteiger partial charge >= 0.3 is 12.0 Å². The van der Waals surface area contributed by atoms with Gasteiger partial charge in [-0.05, 0) is 56.2 Å². The molecular weight excluding hydrogens is 532 g/mol. The van der Waals surface area contributed by atoms with Crippen LogP contribution in [-0.2, 0) is 20.9 Å². The number of urea groups is 1. The highest BCUT2D eigenvalue weighted by Gasteiger charge is 2.44. The van der Waals surface area contributed by atoms with Gasteiger partial charge in [-0.15, -0.1) is 0 Å². The van der Waals surface area contributed by atoms with Crippen LogP contribution in [0.1, 0.15) is 62.1 Å². The zero-order chi connectivity index (χ0) is 29.3. The SMILES string of the molecule is CCOC(=O)c1cnn(-c2cccc(NC(=O)NCc3ccc4c(c3)C(=O)N(C3CCC(=O)NC3=O)C4=O)c2)c1C. The van der Waals surface area contributed by atoms with Crippen molar-refractivity contribution in [1.29, 1.82) is 0 Å². The number of rotatable bonds is 7. The van der Waals surface area contributed by atoms with Crippen molar-refractivity contribution >= 4 is 41.3 Å². The Kier molecular flexibility index (Phi) is 7.34. The third-order valence-electron chi connectivity index (χ3n) is 6.81. The number of carbonyl (C=O) groups is 6. The maximum atomic E-state index is 13.0. The fourth-order valence-electron chi connectivity index (χ4n) is 4.78. The summed E-state index contributed by atoms with van der Waals surface area (Å²) in [4.78, 5) is 75.2. The first-order valence-corrected chi connectivity index (χ1v) is 12.9. The molecule has 6 amide bonds. The van der Waals surface area contributed by atoms with Crippen molar-refractivity contribution in [3.8, 4) is 5.69 Å². The van der Waals surface area contributed by atoms with Gasteiger partial charge in [0.15, 0.2) is 0 Å². The number of nitrogens with zero attached hydrogens (tertiary/aromatic N) is 3. The van der Waals surface area contributed by atoms with Crippen LogP contribution < -0.4 is 16.0 Å². The van der Waals surface area contributed by atoms with E-state index < -0.39 is 41.7 Å². The molecule has 13 heteroatoms. The normalized spacial score (nSPS) is 16.3. The molecule has 3 heterocycles. The number of ether oxygens (including phenoxy) is 1. The third kappa shape index (κ3) is 5.29. The van der Waals surface area contributed by atoms with E-state index >= 15 is 0 Å². The van der Waals surface area contributed by atoms with Crippen molar-refractivity contribution in [2.24, 2.45) is 0 Å². The van der Waals surface area contributed by atoms with Crippen molar-refractivity contribution in [1.82, 2.24) is 25.3 Å². The van der Waals surface area contributed by atoms with Crippen molar-refractivity contribution < 1.29 is 33.5 Å². The van der Waals surface area contributed by atoms with Crippen molar-refractivity contribution in [3.05, 3.63) is 76.6 Å². The number of amides is 6. The second-order valence-corrected chi connectivity index (χ2v) is 9.46. The summed E-state index contributed by atoms with van der Waals surface area (Å²) in [6.45, 7) is 3.77. The number of hydrogen-bond acceptors (Lipinski definition) is 8. The zero-order valence-electron chi connectivity index (χ0n) is 22.2. The van der Waals surface area contributed by atoms with Gasteiger partial charge in [-0.25, -0.2) is 14.3 Å². The molecule has 3 N–H and O–H groups in total. The first kappa shape index (κ1) is 27.2. The van der Waals surface area contributed by atoms with Gasteiger partial charge in [-0.2, -0.15) is 5.10 Å². The van der Waals surface area contributed by atoms with E-state index in [4.69, 9.17) is 4.74 Å². The minimum Gasteiger partial charge on any atom is -0.462 e. The predicted molar refractivity (Wildman–Crippen MR) is 143 cm³/mol. The summed E-state index contributed by atoms with van der Waals surface area (Å²) in [5, 5.41) is 11.9. The summed E-state index contributed by atoms with van der Waals surface area (Å²) in [7, 11) is 0. The average molecular weight is 559 g/mol. The van der Waals surface area contributed by atoms with Crippen LogP contribution in [0.4, 0.5) is 10.5 Å². The highest BCUT2D eigenvalue weighted by atomic mass is 16.5. The van der Waals surface area contributed by atoms with E-state index in [0.717, 1.165) is 4.90 Å². The number of nitrogens with one attached hydrogen (secondary N) is 3. The molecule has 3 aromatic rings. The van der Waals surface area contributed by atoms with Crippen LogP contribution in [0.5, 0.6) is 0 Å². The Labute approximate surface area is 233 Å². The van der Waals surface area contributed by atoms with Crippen LogP contribution >= 0.6 is 0 Å². The van der Waals surface area contributed by atoms with Gasteiger partial charge in [-0.1, -0.05) is 12.1 Å². The van der Waals surface area contributed by atoms with Gasteiger partial charge < -0.3 is 15.4 Å². The molecule has 2 aliphatic heterocycles. The number of piperidine rings is 1. The summed E-state index contributed by atoms with van der Waals surface area (Å²) in [6.07, 6.45) is 1.53. The number of aromatic nitrogens is 2. The minimum absolute atomic E-state index is 0.0349. The van der Waals surface area contributed by atoms with E-state index in [1.807, 2.05) is 0 Å². The lowest BCUT2D eigenvalue weighted by Crippen LogP contribution is -2.54. The lowest BCUT2D eigenvalue weighted by molar-refractivity contribution is -0.136. The summed E-state index contributed by atoms with van der Waals surface area (Å²) in [6, 6.07) is 9.92. The summed E-state index contributed by atoms with van der Waals surface area (Å²) in [5.74, 6) is -2.81. The predicted octanol–water partition coefficient (Wildman–Crippen LogP) is 2.08. The highest BCUT2D eigenvalue weighted by molar-refractivity contribution is 6.23. The second kappa shape index (κ2) is 11.0. The molecule has 1 fully saturated rings. The third-order valence-corrected chi connectivity index (χ3v) is 6.81. The maximum absolute atomic E-state index is 13.0. The average Bonchev–Trinajstić information content (AvgIpc) is 3.45. The number of imide groups is 2. The van der Waals surface area contributed by atoms with Crippen molar-refractivity contribution in [2.45, 2.75) is 39.3 Å². The van der Waals surface area contributed by atoms with Gasteiger partial charge in [0.1, 0.15) is 11.6 Å². The van der Waals surface area contributed by atoms with Gasteiger partial charge in [0.2, 0.25) is 11.8 Å². The number of benzene rings is 2. The Hall–Kier alpha value is -5.33. The molecule has 5 rings (SSSR count). The van der Waals surface area contributed by atoms with E-state index in [-0.39, 0.29) is 37.1 Å². The molecule has 2 aliphatic rings. The quantitative estimate of drug-likeness (QED) is 0.292. The van der Waals surface area contributed by atoms with Crippen LogP contribution in [0, 0.1) is 6.92 Å². The fourth-order valence-corrected chi connectivity index (χ4v) is 4.78. The lowest BCUT2D eigenvalue weighted by Gasteiger charge is -2.27. The van der Waals surface area contributed by atoms with Crippen LogP contribution in [0.2, 0.25) is 0 Å². The maximum Gasteiger partial charge on any atom is 0.341 e. The zero-order valence-corrected chi connectivity index (χ0v) is 22.2. The molecule has 1 atom stereocenters. The van der Waals surface area contributed by atoms with E-state index in [1.54, 1.807) is 48.9 Å². The molecule has 1 unspecified atom stereocenters. The molecule has 0 saturated carbocycles. The van der Waals surface area contributed by atoms with Gasteiger partial charge in [-0.3, -0.25) is 29.4 Å². The molecule has 41 heavy (non-hydrogen) atoms. The monoisotopic (exact) mass is 558 g/mol. The Bertz CT molecular complexity index is 1610. The van der Waals surface area contributed by atoms with Crippen molar-refractivity contribution in [3.63, 3.8) is 0 Å². The Morgan fingerprint density at radius 3 is 2.61 bits per heavy atom. The lowest BCUT2D eigenvalue weighted by atomic mass is 10.0. The van der Waals surface area contributed by atoms with Crippen LogP contribution in [0.3, 0.4) is 0 Å². The van der Waals surface area contributed by atoms with Gasteiger partial charge in [0, 0.05) is 18.7 Å². The van der Waals surface area contributed by atoms with Crippen LogP contribution in [0.15, 0.2) is 48.7 Å². The number of fused-ring (bicyclic) bond motifs is 1. The standard InChI is InChI=1S/C28H26N6O7/c1-3-41-27(39)21-14-30-34(15(21)2)18-6-4-5-17(12-18)31-28(40)29-13-16-7-8-19-20(11-16)26(38)33(25(19)37)22-9-10-23(35)32-24(22)36/h4-8,11-12,14,22H,3,9-10,13H2,1-2H3,(H2,29,31,40)(H,32,35,36). The molecule has 0 radical (unpaired) electrons. The molecule has 0 aliphatic carbocycles. The van der Waals surface area contributed by atoms with Crippen LogP contribution in [0.25, 0.3) is 5.69 Å². The van der Waals surface area contributed by atoms with Crippen LogP contribution in [-0.4, -0.2) is 63.0 Å². The number of anilines is 1. The first-order valence-electron chi connectivity index (χ1n) is 12.9. The highest BCUT2D eigenvalue weighted by Crippen LogP contribution is 2.28. The first-order chi connectivity index (χ1) is 19.7. The molecule has 210 valence electrons. The molecule has 2 aromatic carbocycles. The van der Waals surface area contributed by atoms with E-state index in [2.05, 4.69) is 21.0 Å². The second-order valence-electron chi connectivity index (χ2n) is 9.46. The molecule has 13 nitrogen and oxygen atoms in total. The smallest absolute Gasteiger partial charge is 0.341 e. The van der Waals surface area contributed by atoms with Gasteiger partial charge in [0.05, 0.1) is 35.3 Å². The van der Waals surface area contributed by atoms with Gasteiger partial charge in [0.25, 0.3) is 11.8 Å². The minimum atomic E-state index is -1.05. The van der Waals surface area contributed by atoms with E-state index in [9.17, 15) is 28.8 Å². The summed E-state index contributed by atoms with van der Waals surface area (Å²) < 4.78 is 6.62. The number of esters is 1. The summed E-state index contributed by atoms with van der Waals surface area (Å²) in [5.41, 5.74) is 2.88. The molecule has 0 spiro atoms. The number of hydrogen-bond donors (Lipinski definition) is 3. The van der Waals surface area contributed by atoms with E-state index in [0.29, 0.717) is 28.2 Å². The molecule has 0 bridgehead atoms.